The van der Waals surface area contributed by atoms with Gasteiger partial charge in [0.25, 0.3) is 5.91 Å². The minimum Gasteiger partial charge on any atom is -0.459 e. The molecule has 0 aromatic carbocycles. The van der Waals surface area contributed by atoms with Crippen LogP contribution in [-0.4, -0.2) is 34.9 Å². The maximum atomic E-state index is 11.9. The molecule has 0 radical (unpaired) electrons. The van der Waals surface area contributed by atoms with Crippen LogP contribution in [0.15, 0.2) is 22.8 Å². The highest BCUT2D eigenvalue weighted by Crippen LogP contribution is 2.22. The van der Waals surface area contributed by atoms with Gasteiger partial charge in [-0.15, -0.1) is 0 Å². The predicted octanol–water partition coefficient (Wildman–Crippen LogP) is 2.25. The normalized spacial score (nSPS) is 21.7. The number of thioether (sulfide) groups is 1. The molecule has 1 aromatic rings. The Morgan fingerprint density at radius 1 is 1.73 bits per heavy atom. The third-order valence-corrected chi connectivity index (χ3v) is 3.99. The minimum atomic E-state index is 0.0266. The molecule has 2 heterocycles. The highest BCUT2D eigenvalue weighted by molar-refractivity contribution is 8.00. The van der Waals surface area contributed by atoms with Crippen LogP contribution in [0.25, 0.3) is 0 Å². The molecule has 1 aliphatic rings. The summed E-state index contributed by atoms with van der Waals surface area (Å²) in [5.41, 5.74) is 0. The molecule has 0 saturated carbocycles. The molecule has 0 aliphatic carbocycles. The summed E-state index contributed by atoms with van der Waals surface area (Å²) >= 11 is 1.96. The smallest absolute Gasteiger partial charge is 0.289 e. The molecular formula is C11H15NO2S. The topological polar surface area (TPSA) is 33.5 Å². The molecule has 0 N–H and O–H groups in total. The van der Waals surface area contributed by atoms with Crippen molar-refractivity contribution in [2.24, 2.45) is 0 Å². The summed E-state index contributed by atoms with van der Waals surface area (Å²) in [4.78, 5) is 13.8. The summed E-state index contributed by atoms with van der Waals surface area (Å²) in [7, 11) is 0. The molecule has 1 aliphatic heterocycles. The molecular weight excluding hydrogens is 210 g/mol. The third-order valence-electron chi connectivity index (χ3n) is 2.61. The van der Waals surface area contributed by atoms with Gasteiger partial charge < -0.3 is 9.32 Å². The average molecular weight is 225 g/mol. The van der Waals surface area contributed by atoms with Gasteiger partial charge in [-0.2, -0.15) is 11.8 Å². The van der Waals surface area contributed by atoms with E-state index in [1.165, 1.54) is 0 Å². The zero-order valence-corrected chi connectivity index (χ0v) is 9.63. The highest BCUT2D eigenvalue weighted by Gasteiger charge is 2.24. The SMILES string of the molecule is CCC1CN(C(=O)c2ccco2)CCS1. The van der Waals surface area contributed by atoms with Gasteiger partial charge in [0.15, 0.2) is 5.76 Å². The lowest BCUT2D eigenvalue weighted by Crippen LogP contribution is -2.41. The number of carbonyl (C=O) groups excluding carboxylic acids is 1. The summed E-state index contributed by atoms with van der Waals surface area (Å²) < 4.78 is 5.12. The number of hydrogen-bond acceptors (Lipinski definition) is 3. The molecule has 1 unspecified atom stereocenters. The van der Waals surface area contributed by atoms with E-state index in [1.54, 1.807) is 18.4 Å². The van der Waals surface area contributed by atoms with E-state index >= 15 is 0 Å². The van der Waals surface area contributed by atoms with E-state index in [9.17, 15) is 4.79 Å². The Hall–Kier alpha value is -0.900. The average Bonchev–Trinajstić information content (AvgIpc) is 2.81. The first kappa shape index (κ1) is 10.6. The van der Waals surface area contributed by atoms with Crippen LogP contribution in [-0.2, 0) is 0 Å². The fraction of sp³-hybridized carbons (Fsp3) is 0.545. The molecule has 4 heteroatoms. The van der Waals surface area contributed by atoms with Gasteiger partial charge in [0.2, 0.25) is 0 Å². The van der Waals surface area contributed by atoms with Crippen molar-refractivity contribution in [2.45, 2.75) is 18.6 Å². The van der Waals surface area contributed by atoms with Crippen molar-refractivity contribution in [3.8, 4) is 0 Å². The first-order chi connectivity index (χ1) is 7.31. The predicted molar refractivity (Wildman–Crippen MR) is 61.1 cm³/mol. The molecule has 1 saturated heterocycles. The zero-order chi connectivity index (χ0) is 10.7. The van der Waals surface area contributed by atoms with Crippen molar-refractivity contribution in [1.29, 1.82) is 0 Å². The fourth-order valence-corrected chi connectivity index (χ4v) is 2.89. The maximum Gasteiger partial charge on any atom is 0.289 e. The second kappa shape index (κ2) is 4.75. The van der Waals surface area contributed by atoms with Crippen LogP contribution in [0.3, 0.4) is 0 Å². The van der Waals surface area contributed by atoms with Crippen LogP contribution in [0.2, 0.25) is 0 Å². The summed E-state index contributed by atoms with van der Waals surface area (Å²) in [6.07, 6.45) is 2.66. The van der Waals surface area contributed by atoms with Crippen LogP contribution < -0.4 is 0 Å². The Bertz CT molecular complexity index is 323. The van der Waals surface area contributed by atoms with Gasteiger partial charge in [-0.05, 0) is 18.6 Å². The Morgan fingerprint density at radius 2 is 2.60 bits per heavy atom. The van der Waals surface area contributed by atoms with E-state index < -0.39 is 0 Å². The monoisotopic (exact) mass is 225 g/mol. The Balaban J connectivity index is 2.01. The van der Waals surface area contributed by atoms with E-state index in [2.05, 4.69) is 6.92 Å². The molecule has 1 aromatic heterocycles. The van der Waals surface area contributed by atoms with E-state index in [0.717, 1.165) is 25.3 Å². The molecule has 0 spiro atoms. The Kier molecular flexibility index (Phi) is 3.36. The minimum absolute atomic E-state index is 0.0266. The second-order valence-electron chi connectivity index (χ2n) is 3.63. The lowest BCUT2D eigenvalue weighted by molar-refractivity contribution is 0.0729. The largest absolute Gasteiger partial charge is 0.459 e. The molecule has 15 heavy (non-hydrogen) atoms. The van der Waals surface area contributed by atoms with Crippen LogP contribution in [0.5, 0.6) is 0 Å². The molecule has 2 rings (SSSR count). The van der Waals surface area contributed by atoms with E-state index in [4.69, 9.17) is 4.42 Å². The van der Waals surface area contributed by atoms with Crippen molar-refractivity contribution < 1.29 is 9.21 Å². The number of amides is 1. The summed E-state index contributed by atoms with van der Waals surface area (Å²) in [5, 5.41) is 0.581. The van der Waals surface area contributed by atoms with Gasteiger partial charge in [-0.25, -0.2) is 0 Å². The molecule has 3 nitrogen and oxygen atoms in total. The molecule has 0 bridgehead atoms. The van der Waals surface area contributed by atoms with Gasteiger partial charge in [-0.1, -0.05) is 6.92 Å². The quantitative estimate of drug-likeness (QED) is 0.774. The van der Waals surface area contributed by atoms with Crippen LogP contribution in [0.1, 0.15) is 23.9 Å². The Morgan fingerprint density at radius 3 is 3.27 bits per heavy atom. The van der Waals surface area contributed by atoms with Crippen molar-refractivity contribution in [2.75, 3.05) is 18.8 Å². The van der Waals surface area contributed by atoms with Crippen LogP contribution >= 0.6 is 11.8 Å². The molecule has 82 valence electrons. The Labute approximate surface area is 93.8 Å². The van der Waals surface area contributed by atoms with E-state index in [0.29, 0.717) is 11.0 Å². The van der Waals surface area contributed by atoms with Gasteiger partial charge in [0, 0.05) is 24.1 Å². The lowest BCUT2D eigenvalue weighted by Gasteiger charge is -2.31. The summed E-state index contributed by atoms with van der Waals surface area (Å²) in [6.45, 7) is 3.85. The third kappa shape index (κ3) is 2.37. The first-order valence-electron chi connectivity index (χ1n) is 5.25. The summed E-state index contributed by atoms with van der Waals surface area (Å²) in [6, 6.07) is 3.48. The highest BCUT2D eigenvalue weighted by atomic mass is 32.2. The van der Waals surface area contributed by atoms with Crippen molar-refractivity contribution in [1.82, 2.24) is 4.90 Å². The zero-order valence-electron chi connectivity index (χ0n) is 8.81. The van der Waals surface area contributed by atoms with E-state index in [-0.39, 0.29) is 5.91 Å². The van der Waals surface area contributed by atoms with Crippen molar-refractivity contribution in [3.63, 3.8) is 0 Å². The first-order valence-corrected chi connectivity index (χ1v) is 6.30. The van der Waals surface area contributed by atoms with Gasteiger partial charge >= 0.3 is 0 Å². The maximum absolute atomic E-state index is 11.9. The standard InChI is InChI=1S/C11H15NO2S/c1-2-9-8-12(5-7-15-9)11(13)10-4-3-6-14-10/h3-4,6,9H,2,5,7-8H2,1H3. The number of furan rings is 1. The van der Waals surface area contributed by atoms with Crippen LogP contribution in [0, 0.1) is 0 Å². The van der Waals surface area contributed by atoms with Gasteiger partial charge in [0.1, 0.15) is 0 Å². The molecule has 1 fully saturated rings. The number of hydrogen-bond donors (Lipinski definition) is 0. The van der Waals surface area contributed by atoms with Gasteiger partial charge in [-0.3, -0.25) is 4.79 Å². The molecule has 1 atom stereocenters. The molecule has 1 amide bonds. The van der Waals surface area contributed by atoms with Gasteiger partial charge in [0.05, 0.1) is 6.26 Å². The van der Waals surface area contributed by atoms with Crippen molar-refractivity contribution in [3.05, 3.63) is 24.2 Å². The summed E-state index contributed by atoms with van der Waals surface area (Å²) in [5.74, 6) is 1.51. The van der Waals surface area contributed by atoms with Crippen LogP contribution in [0.4, 0.5) is 0 Å². The van der Waals surface area contributed by atoms with Crippen molar-refractivity contribution >= 4 is 17.7 Å². The second-order valence-corrected chi connectivity index (χ2v) is 5.04. The number of nitrogens with zero attached hydrogens (tertiary/aromatic N) is 1. The number of rotatable bonds is 2. The lowest BCUT2D eigenvalue weighted by atomic mass is 10.2. The van der Waals surface area contributed by atoms with E-state index in [1.807, 2.05) is 16.7 Å². The fourth-order valence-electron chi connectivity index (χ4n) is 1.71. The number of carbonyl (C=O) groups is 1.